The average Bonchev–Trinajstić information content (AvgIpc) is 3.08. The van der Waals surface area contributed by atoms with Crippen molar-refractivity contribution in [3.8, 4) is 0 Å². The maximum Gasteiger partial charge on any atom is 0.311 e. The van der Waals surface area contributed by atoms with Crippen LogP contribution in [0.2, 0.25) is 0 Å². The molecule has 1 unspecified atom stereocenters. The van der Waals surface area contributed by atoms with Crippen LogP contribution in [0.4, 0.5) is 5.82 Å². The topological polar surface area (TPSA) is 81.4 Å². The van der Waals surface area contributed by atoms with E-state index in [4.69, 9.17) is 9.26 Å². The largest absolute Gasteiger partial charge is 0.452 e. The van der Waals surface area contributed by atoms with Gasteiger partial charge in [0, 0.05) is 10.9 Å². The normalized spacial score (nSPS) is 11.9. The molecule has 6 nitrogen and oxygen atoms in total. The zero-order valence-corrected chi connectivity index (χ0v) is 12.6. The first kappa shape index (κ1) is 15.2. The smallest absolute Gasteiger partial charge is 0.311 e. The number of esters is 1. The van der Waals surface area contributed by atoms with Gasteiger partial charge in [-0.25, -0.2) is 0 Å². The van der Waals surface area contributed by atoms with Gasteiger partial charge >= 0.3 is 5.97 Å². The van der Waals surface area contributed by atoms with E-state index in [1.54, 1.807) is 19.9 Å². The van der Waals surface area contributed by atoms with Crippen molar-refractivity contribution in [3.63, 3.8) is 0 Å². The van der Waals surface area contributed by atoms with E-state index in [1.807, 2.05) is 17.5 Å². The van der Waals surface area contributed by atoms with E-state index in [0.29, 0.717) is 18.0 Å². The van der Waals surface area contributed by atoms with Crippen LogP contribution in [0.25, 0.3) is 0 Å². The summed E-state index contributed by atoms with van der Waals surface area (Å²) in [7, 11) is 0. The van der Waals surface area contributed by atoms with Gasteiger partial charge in [0.2, 0.25) is 0 Å². The Morgan fingerprint density at radius 2 is 2.33 bits per heavy atom. The summed E-state index contributed by atoms with van der Waals surface area (Å²) in [4.78, 5) is 24.7. The highest BCUT2D eigenvalue weighted by Crippen LogP contribution is 2.12. The molecule has 2 aromatic heterocycles. The third kappa shape index (κ3) is 4.42. The van der Waals surface area contributed by atoms with Crippen LogP contribution in [0.15, 0.2) is 28.1 Å². The van der Waals surface area contributed by atoms with Crippen molar-refractivity contribution in [1.29, 1.82) is 0 Å². The Morgan fingerprint density at radius 3 is 2.90 bits per heavy atom. The number of hydrogen-bond donors (Lipinski definition) is 1. The fraction of sp³-hybridized carbons (Fsp3) is 0.357. The Labute approximate surface area is 126 Å². The summed E-state index contributed by atoms with van der Waals surface area (Å²) >= 11 is 1.48. The van der Waals surface area contributed by atoms with Gasteiger partial charge in [-0.1, -0.05) is 18.1 Å². The molecule has 1 atom stereocenters. The number of thiophene rings is 1. The van der Waals surface area contributed by atoms with E-state index in [0.717, 1.165) is 4.88 Å². The molecule has 2 heterocycles. The minimum atomic E-state index is -0.838. The van der Waals surface area contributed by atoms with E-state index in [1.165, 1.54) is 11.3 Å². The van der Waals surface area contributed by atoms with Gasteiger partial charge in [-0.05, 0) is 24.8 Å². The molecular weight excluding hydrogens is 292 g/mol. The number of hydrogen-bond acceptors (Lipinski definition) is 6. The summed E-state index contributed by atoms with van der Waals surface area (Å²) in [6.45, 7) is 3.50. The lowest BCUT2D eigenvalue weighted by molar-refractivity contribution is -0.153. The standard InChI is InChI=1S/C14H16N2O4S/c1-3-11(14(18)15-12-7-9(2)20-16-12)19-13(17)8-10-5-4-6-21-10/h4-7,11H,3,8H2,1-2H3,(H,15,16,18). The fourth-order valence-electron chi connectivity index (χ4n) is 1.71. The zero-order valence-electron chi connectivity index (χ0n) is 11.8. The second-order valence-corrected chi connectivity index (χ2v) is 5.49. The van der Waals surface area contributed by atoms with Crippen LogP contribution in [-0.2, 0) is 20.7 Å². The maximum atomic E-state index is 12.0. The minimum absolute atomic E-state index is 0.171. The maximum absolute atomic E-state index is 12.0. The van der Waals surface area contributed by atoms with Crippen LogP contribution in [0.5, 0.6) is 0 Å². The highest BCUT2D eigenvalue weighted by Gasteiger charge is 2.22. The van der Waals surface area contributed by atoms with Crippen molar-refractivity contribution in [2.24, 2.45) is 0 Å². The molecule has 0 bridgehead atoms. The number of amides is 1. The van der Waals surface area contributed by atoms with Crippen molar-refractivity contribution in [3.05, 3.63) is 34.2 Å². The second kappa shape index (κ2) is 7.03. The molecule has 0 aliphatic heterocycles. The second-order valence-electron chi connectivity index (χ2n) is 4.45. The quantitative estimate of drug-likeness (QED) is 0.829. The van der Waals surface area contributed by atoms with Crippen LogP contribution in [0.1, 0.15) is 24.0 Å². The lowest BCUT2D eigenvalue weighted by Crippen LogP contribution is -2.32. The number of carbonyl (C=O) groups excluding carboxylic acids is 2. The molecule has 21 heavy (non-hydrogen) atoms. The van der Waals surface area contributed by atoms with Crippen LogP contribution >= 0.6 is 11.3 Å². The third-order valence-electron chi connectivity index (χ3n) is 2.71. The number of ether oxygens (including phenoxy) is 1. The molecule has 1 amide bonds. The highest BCUT2D eigenvalue weighted by molar-refractivity contribution is 7.10. The van der Waals surface area contributed by atoms with Crippen LogP contribution < -0.4 is 5.32 Å². The van der Waals surface area contributed by atoms with Gasteiger partial charge in [-0.15, -0.1) is 11.3 Å². The van der Waals surface area contributed by atoms with Gasteiger partial charge in [0.1, 0.15) is 5.76 Å². The molecule has 0 saturated heterocycles. The highest BCUT2D eigenvalue weighted by atomic mass is 32.1. The summed E-state index contributed by atoms with van der Waals surface area (Å²) in [6, 6.07) is 5.31. The van der Waals surface area contributed by atoms with E-state index in [-0.39, 0.29) is 6.42 Å². The number of aryl methyl sites for hydroxylation is 1. The number of anilines is 1. The molecule has 112 valence electrons. The van der Waals surface area contributed by atoms with E-state index in [2.05, 4.69) is 10.5 Å². The first-order chi connectivity index (χ1) is 10.1. The van der Waals surface area contributed by atoms with Crippen molar-refractivity contribution in [1.82, 2.24) is 5.16 Å². The fourth-order valence-corrected chi connectivity index (χ4v) is 2.40. The van der Waals surface area contributed by atoms with Crippen molar-refractivity contribution < 1.29 is 18.8 Å². The molecular formula is C14H16N2O4S. The van der Waals surface area contributed by atoms with Crippen LogP contribution in [0.3, 0.4) is 0 Å². The molecule has 0 fully saturated rings. The third-order valence-corrected chi connectivity index (χ3v) is 3.59. The predicted molar refractivity (Wildman–Crippen MR) is 78.1 cm³/mol. The number of nitrogens with one attached hydrogen (secondary N) is 1. The van der Waals surface area contributed by atoms with E-state index in [9.17, 15) is 9.59 Å². The molecule has 0 spiro atoms. The van der Waals surface area contributed by atoms with Gasteiger partial charge in [-0.2, -0.15) is 0 Å². The van der Waals surface area contributed by atoms with E-state index >= 15 is 0 Å². The summed E-state index contributed by atoms with van der Waals surface area (Å²) in [5.74, 6) is 0.0689. The minimum Gasteiger partial charge on any atom is -0.452 e. The first-order valence-corrected chi connectivity index (χ1v) is 7.42. The number of aromatic nitrogens is 1. The Bertz CT molecular complexity index is 606. The molecule has 0 aromatic carbocycles. The van der Waals surface area contributed by atoms with Crippen molar-refractivity contribution in [2.75, 3.05) is 5.32 Å². The summed E-state index contributed by atoms with van der Waals surface area (Å²) in [5.41, 5.74) is 0. The Balaban J connectivity index is 1.89. The molecule has 0 aliphatic rings. The lowest BCUT2D eigenvalue weighted by Gasteiger charge is -2.14. The van der Waals surface area contributed by atoms with E-state index < -0.39 is 18.0 Å². The van der Waals surface area contributed by atoms with Crippen molar-refractivity contribution >= 4 is 29.0 Å². The molecule has 0 aliphatic carbocycles. The summed E-state index contributed by atoms with van der Waals surface area (Å²) in [6.07, 6.45) is -0.280. The molecule has 0 radical (unpaired) electrons. The summed E-state index contributed by atoms with van der Waals surface area (Å²) < 4.78 is 10.1. The molecule has 7 heteroatoms. The van der Waals surface area contributed by atoms with Crippen LogP contribution in [0, 0.1) is 6.92 Å². The monoisotopic (exact) mass is 308 g/mol. The number of carbonyl (C=O) groups is 2. The molecule has 1 N–H and O–H groups in total. The Kier molecular flexibility index (Phi) is 5.10. The molecule has 2 aromatic rings. The van der Waals surface area contributed by atoms with Gasteiger partial charge < -0.3 is 14.6 Å². The zero-order chi connectivity index (χ0) is 15.2. The number of nitrogens with zero attached hydrogens (tertiary/aromatic N) is 1. The van der Waals surface area contributed by atoms with Gasteiger partial charge in [0.15, 0.2) is 11.9 Å². The van der Waals surface area contributed by atoms with Crippen LogP contribution in [-0.4, -0.2) is 23.1 Å². The Hall–Kier alpha value is -2.15. The molecule has 0 saturated carbocycles. The molecule has 2 rings (SSSR count). The van der Waals surface area contributed by atoms with Gasteiger partial charge in [0.25, 0.3) is 5.91 Å². The first-order valence-electron chi connectivity index (χ1n) is 6.54. The Morgan fingerprint density at radius 1 is 1.52 bits per heavy atom. The van der Waals surface area contributed by atoms with Gasteiger partial charge in [0.05, 0.1) is 6.42 Å². The predicted octanol–water partition coefficient (Wildman–Crippen LogP) is 2.55. The van der Waals surface area contributed by atoms with Crippen molar-refractivity contribution in [2.45, 2.75) is 32.8 Å². The average molecular weight is 308 g/mol. The number of rotatable bonds is 6. The van der Waals surface area contributed by atoms with Gasteiger partial charge in [-0.3, -0.25) is 9.59 Å². The lowest BCUT2D eigenvalue weighted by atomic mass is 10.2. The SMILES string of the molecule is CCC(OC(=O)Cc1cccs1)C(=O)Nc1cc(C)on1. The summed E-state index contributed by atoms with van der Waals surface area (Å²) in [5, 5.41) is 8.11.